The van der Waals surface area contributed by atoms with E-state index in [1.807, 2.05) is 0 Å². The van der Waals surface area contributed by atoms with Crippen LogP contribution in [0.25, 0.3) is 0 Å². The standard InChI is InChI=1S/C10H13FO2/c1-7(12)8(2)13-10-5-3-9(11)4-6-10/h3-8,12H,1-2H3/t7-,8?/m1/s1. The zero-order valence-electron chi connectivity index (χ0n) is 7.70. The topological polar surface area (TPSA) is 29.5 Å². The van der Waals surface area contributed by atoms with Crippen molar-refractivity contribution < 1.29 is 14.2 Å². The van der Waals surface area contributed by atoms with Gasteiger partial charge in [0.15, 0.2) is 0 Å². The highest BCUT2D eigenvalue weighted by atomic mass is 19.1. The molecule has 1 aromatic rings. The van der Waals surface area contributed by atoms with E-state index in [0.29, 0.717) is 5.75 Å². The Kier molecular flexibility index (Phi) is 3.25. The molecule has 0 fully saturated rings. The van der Waals surface area contributed by atoms with E-state index >= 15 is 0 Å². The zero-order valence-corrected chi connectivity index (χ0v) is 7.70. The van der Waals surface area contributed by atoms with Crippen molar-refractivity contribution in [2.45, 2.75) is 26.1 Å². The minimum atomic E-state index is -0.537. The van der Waals surface area contributed by atoms with Crippen LogP contribution in [0, 0.1) is 5.82 Å². The number of halogens is 1. The molecule has 0 bridgehead atoms. The summed E-state index contributed by atoms with van der Waals surface area (Å²) in [5.41, 5.74) is 0. The second-order valence-corrected chi connectivity index (χ2v) is 3.02. The first-order valence-electron chi connectivity index (χ1n) is 4.20. The number of hydrogen-bond acceptors (Lipinski definition) is 2. The summed E-state index contributed by atoms with van der Waals surface area (Å²) in [4.78, 5) is 0. The minimum Gasteiger partial charge on any atom is -0.488 e. The molecule has 0 aliphatic heterocycles. The van der Waals surface area contributed by atoms with E-state index in [1.165, 1.54) is 24.3 Å². The van der Waals surface area contributed by atoms with Gasteiger partial charge in [-0.15, -0.1) is 0 Å². The normalized spacial score (nSPS) is 15.1. The number of benzene rings is 1. The van der Waals surface area contributed by atoms with Crippen LogP contribution in [-0.2, 0) is 0 Å². The van der Waals surface area contributed by atoms with Crippen LogP contribution in [0.4, 0.5) is 4.39 Å². The first kappa shape index (κ1) is 9.99. The Labute approximate surface area is 77.0 Å². The molecule has 0 aromatic heterocycles. The summed E-state index contributed by atoms with van der Waals surface area (Å²) in [6.45, 7) is 3.40. The summed E-state index contributed by atoms with van der Waals surface area (Å²) >= 11 is 0. The zero-order chi connectivity index (χ0) is 9.84. The second kappa shape index (κ2) is 4.23. The summed E-state index contributed by atoms with van der Waals surface area (Å²) in [7, 11) is 0. The Morgan fingerprint density at radius 3 is 2.23 bits per heavy atom. The fraction of sp³-hybridized carbons (Fsp3) is 0.400. The van der Waals surface area contributed by atoms with Crippen LogP contribution < -0.4 is 4.74 Å². The van der Waals surface area contributed by atoms with E-state index in [-0.39, 0.29) is 11.9 Å². The van der Waals surface area contributed by atoms with Gasteiger partial charge >= 0.3 is 0 Å². The Balaban J connectivity index is 2.59. The van der Waals surface area contributed by atoms with Gasteiger partial charge < -0.3 is 9.84 Å². The molecule has 1 aromatic carbocycles. The molecule has 13 heavy (non-hydrogen) atoms. The van der Waals surface area contributed by atoms with Crippen molar-refractivity contribution in [3.63, 3.8) is 0 Å². The molecular weight excluding hydrogens is 171 g/mol. The minimum absolute atomic E-state index is 0.287. The monoisotopic (exact) mass is 184 g/mol. The lowest BCUT2D eigenvalue weighted by molar-refractivity contribution is 0.0604. The van der Waals surface area contributed by atoms with E-state index in [9.17, 15) is 4.39 Å². The van der Waals surface area contributed by atoms with Crippen LogP contribution in [0.1, 0.15) is 13.8 Å². The average molecular weight is 184 g/mol. The van der Waals surface area contributed by atoms with Crippen molar-refractivity contribution >= 4 is 0 Å². The number of aliphatic hydroxyl groups excluding tert-OH is 1. The lowest BCUT2D eigenvalue weighted by Gasteiger charge is -2.16. The van der Waals surface area contributed by atoms with Crippen LogP contribution in [0.2, 0.25) is 0 Å². The van der Waals surface area contributed by atoms with Gasteiger partial charge in [-0.1, -0.05) is 0 Å². The van der Waals surface area contributed by atoms with E-state index in [4.69, 9.17) is 9.84 Å². The number of hydrogen-bond donors (Lipinski definition) is 1. The fourth-order valence-corrected chi connectivity index (χ4v) is 0.826. The maximum atomic E-state index is 12.5. The van der Waals surface area contributed by atoms with Crippen molar-refractivity contribution in [1.82, 2.24) is 0 Å². The number of aliphatic hydroxyl groups is 1. The predicted molar refractivity (Wildman–Crippen MR) is 48.2 cm³/mol. The third-order valence-electron chi connectivity index (χ3n) is 1.81. The summed E-state index contributed by atoms with van der Waals surface area (Å²) in [6, 6.07) is 5.72. The first-order chi connectivity index (χ1) is 6.09. The summed E-state index contributed by atoms with van der Waals surface area (Å²) in [6.07, 6.45) is -0.824. The molecule has 1 rings (SSSR count). The Morgan fingerprint density at radius 1 is 1.23 bits per heavy atom. The SMILES string of the molecule is CC(Oc1ccc(F)cc1)[C@@H](C)O. The molecule has 3 heteroatoms. The lowest BCUT2D eigenvalue weighted by Crippen LogP contribution is -2.25. The van der Waals surface area contributed by atoms with Crippen molar-refractivity contribution in [3.8, 4) is 5.75 Å². The van der Waals surface area contributed by atoms with Crippen LogP contribution in [0.15, 0.2) is 24.3 Å². The highest BCUT2D eigenvalue weighted by Crippen LogP contribution is 2.13. The molecule has 1 unspecified atom stereocenters. The first-order valence-corrected chi connectivity index (χ1v) is 4.20. The van der Waals surface area contributed by atoms with Crippen LogP contribution in [-0.4, -0.2) is 17.3 Å². The Morgan fingerprint density at radius 2 is 1.77 bits per heavy atom. The van der Waals surface area contributed by atoms with Gasteiger partial charge in [-0.3, -0.25) is 0 Å². The highest BCUT2D eigenvalue weighted by molar-refractivity contribution is 5.22. The van der Waals surface area contributed by atoms with Gasteiger partial charge in [-0.05, 0) is 38.1 Å². The molecule has 0 saturated carbocycles. The molecule has 2 nitrogen and oxygen atoms in total. The summed E-state index contributed by atoms with van der Waals surface area (Å²) < 4.78 is 17.8. The van der Waals surface area contributed by atoms with Crippen molar-refractivity contribution in [3.05, 3.63) is 30.1 Å². The van der Waals surface area contributed by atoms with Gasteiger partial charge in [-0.2, -0.15) is 0 Å². The maximum absolute atomic E-state index is 12.5. The molecule has 0 saturated heterocycles. The Hall–Kier alpha value is -1.09. The van der Waals surface area contributed by atoms with Gasteiger partial charge in [0.2, 0.25) is 0 Å². The number of rotatable bonds is 3. The van der Waals surface area contributed by atoms with E-state index < -0.39 is 6.10 Å². The fourth-order valence-electron chi connectivity index (χ4n) is 0.826. The van der Waals surface area contributed by atoms with E-state index in [2.05, 4.69) is 0 Å². The van der Waals surface area contributed by atoms with E-state index in [0.717, 1.165) is 0 Å². The van der Waals surface area contributed by atoms with Gasteiger partial charge in [0.1, 0.15) is 17.7 Å². The average Bonchev–Trinajstić information content (AvgIpc) is 2.08. The molecule has 0 spiro atoms. The van der Waals surface area contributed by atoms with E-state index in [1.54, 1.807) is 13.8 Å². The van der Waals surface area contributed by atoms with Crippen molar-refractivity contribution in [2.75, 3.05) is 0 Å². The van der Waals surface area contributed by atoms with Crippen molar-refractivity contribution in [1.29, 1.82) is 0 Å². The summed E-state index contributed by atoms with van der Waals surface area (Å²) in [5, 5.41) is 9.14. The predicted octanol–water partition coefficient (Wildman–Crippen LogP) is 1.97. The molecule has 1 N–H and O–H groups in total. The summed E-state index contributed by atoms with van der Waals surface area (Å²) in [5.74, 6) is 0.270. The van der Waals surface area contributed by atoms with Crippen LogP contribution in [0.5, 0.6) is 5.75 Å². The van der Waals surface area contributed by atoms with Gasteiger partial charge in [0.25, 0.3) is 0 Å². The third kappa shape index (κ3) is 3.03. The molecular formula is C10H13FO2. The molecule has 0 aliphatic rings. The molecule has 0 radical (unpaired) electrons. The molecule has 0 heterocycles. The highest BCUT2D eigenvalue weighted by Gasteiger charge is 2.09. The van der Waals surface area contributed by atoms with Gasteiger partial charge in [-0.25, -0.2) is 4.39 Å². The van der Waals surface area contributed by atoms with Crippen molar-refractivity contribution in [2.24, 2.45) is 0 Å². The smallest absolute Gasteiger partial charge is 0.123 e. The largest absolute Gasteiger partial charge is 0.488 e. The molecule has 0 amide bonds. The maximum Gasteiger partial charge on any atom is 0.123 e. The lowest BCUT2D eigenvalue weighted by atomic mass is 10.2. The molecule has 0 aliphatic carbocycles. The van der Waals surface area contributed by atoms with Gasteiger partial charge in [0, 0.05) is 0 Å². The third-order valence-corrected chi connectivity index (χ3v) is 1.81. The quantitative estimate of drug-likeness (QED) is 0.778. The second-order valence-electron chi connectivity index (χ2n) is 3.02. The number of ether oxygens (including phenoxy) is 1. The molecule has 72 valence electrons. The molecule has 2 atom stereocenters. The Bertz CT molecular complexity index is 256. The van der Waals surface area contributed by atoms with Crippen LogP contribution >= 0.6 is 0 Å². The van der Waals surface area contributed by atoms with Gasteiger partial charge in [0.05, 0.1) is 6.10 Å². The van der Waals surface area contributed by atoms with Crippen LogP contribution in [0.3, 0.4) is 0 Å².